The van der Waals surface area contributed by atoms with Gasteiger partial charge in [-0.25, -0.2) is 0 Å². The van der Waals surface area contributed by atoms with Gasteiger partial charge in [0.1, 0.15) is 11.4 Å². The van der Waals surface area contributed by atoms with Gasteiger partial charge in [0.2, 0.25) is 0 Å². The Morgan fingerprint density at radius 3 is 2.95 bits per heavy atom. The zero-order valence-electron chi connectivity index (χ0n) is 11.4. The Morgan fingerprint density at radius 2 is 2.26 bits per heavy atom. The second-order valence-electron chi connectivity index (χ2n) is 6.00. The largest absolute Gasteiger partial charge is 0.485 e. The number of aliphatic hydroxyl groups excluding tert-OH is 1. The number of ether oxygens (including phenoxy) is 1. The van der Waals surface area contributed by atoms with E-state index in [0.717, 1.165) is 30.8 Å². The first kappa shape index (κ1) is 13.2. The lowest BCUT2D eigenvalue weighted by Gasteiger charge is -2.38. The number of nitrogens with zero attached hydrogens (tertiary/aromatic N) is 1. The van der Waals surface area contributed by atoms with Gasteiger partial charge in [0.25, 0.3) is 0 Å². The Kier molecular flexibility index (Phi) is 3.24. The molecule has 1 aromatic carbocycles. The van der Waals surface area contributed by atoms with Crippen LogP contribution in [0.15, 0.2) is 18.2 Å². The fourth-order valence-electron chi connectivity index (χ4n) is 3.18. The van der Waals surface area contributed by atoms with Crippen molar-refractivity contribution in [3.63, 3.8) is 0 Å². The van der Waals surface area contributed by atoms with Crippen molar-refractivity contribution >= 4 is 11.6 Å². The number of halogens is 1. The molecule has 1 spiro atoms. The van der Waals surface area contributed by atoms with Crippen LogP contribution in [-0.4, -0.2) is 34.7 Å². The number of likely N-dealkylation sites (tertiary alicyclic amines) is 1. The maximum Gasteiger partial charge on any atom is 0.126 e. The molecule has 1 saturated heterocycles. The smallest absolute Gasteiger partial charge is 0.126 e. The summed E-state index contributed by atoms with van der Waals surface area (Å²) in [4.78, 5) is 2.41. The Labute approximate surface area is 119 Å². The van der Waals surface area contributed by atoms with Crippen LogP contribution in [0.2, 0.25) is 5.02 Å². The quantitative estimate of drug-likeness (QED) is 0.859. The first-order chi connectivity index (χ1) is 8.99. The van der Waals surface area contributed by atoms with Gasteiger partial charge in [0.05, 0.1) is 6.10 Å². The summed E-state index contributed by atoms with van der Waals surface area (Å²) in [5.41, 5.74) is 0.589. The third-order valence-corrected chi connectivity index (χ3v) is 4.53. The molecule has 0 amide bonds. The first-order valence-electron chi connectivity index (χ1n) is 6.90. The number of aliphatic hydroxyl groups is 1. The minimum absolute atomic E-state index is 0.232. The normalized spacial score (nSPS) is 30.7. The molecule has 104 valence electrons. The molecule has 4 heteroatoms. The summed E-state index contributed by atoms with van der Waals surface area (Å²) >= 11 is 5.98. The molecule has 0 aromatic heterocycles. The van der Waals surface area contributed by atoms with E-state index < -0.39 is 6.10 Å². The SMILES string of the molecule is CC(C)N1CCC2(CC(O)c3cc(Cl)ccc3O2)C1. The molecule has 19 heavy (non-hydrogen) atoms. The molecule has 1 N–H and O–H groups in total. The Hall–Kier alpha value is -0.770. The van der Waals surface area contributed by atoms with Crippen molar-refractivity contribution in [2.45, 2.75) is 44.4 Å². The van der Waals surface area contributed by atoms with Crippen molar-refractivity contribution in [3.8, 4) is 5.75 Å². The van der Waals surface area contributed by atoms with Gasteiger partial charge < -0.3 is 9.84 Å². The summed E-state index contributed by atoms with van der Waals surface area (Å²) in [5, 5.41) is 11.0. The molecule has 1 fully saturated rings. The van der Waals surface area contributed by atoms with E-state index in [1.807, 2.05) is 18.2 Å². The molecule has 2 atom stereocenters. The zero-order chi connectivity index (χ0) is 13.6. The van der Waals surface area contributed by atoms with Crippen molar-refractivity contribution in [2.75, 3.05) is 13.1 Å². The van der Waals surface area contributed by atoms with Crippen LogP contribution in [0, 0.1) is 0 Å². The molecule has 0 bridgehead atoms. The van der Waals surface area contributed by atoms with Crippen molar-refractivity contribution < 1.29 is 9.84 Å². The van der Waals surface area contributed by atoms with Gasteiger partial charge in [0.15, 0.2) is 0 Å². The lowest BCUT2D eigenvalue weighted by Crippen LogP contribution is -2.44. The summed E-state index contributed by atoms with van der Waals surface area (Å²) in [7, 11) is 0. The van der Waals surface area contributed by atoms with E-state index in [2.05, 4.69) is 18.7 Å². The highest BCUT2D eigenvalue weighted by Crippen LogP contribution is 2.44. The third-order valence-electron chi connectivity index (χ3n) is 4.30. The standard InChI is InChI=1S/C15H20ClNO2/c1-10(2)17-6-5-15(9-17)8-13(18)12-7-11(16)3-4-14(12)19-15/h3-4,7,10,13,18H,5-6,8-9H2,1-2H3. The van der Waals surface area contributed by atoms with Crippen molar-refractivity contribution in [1.29, 1.82) is 0 Å². The van der Waals surface area contributed by atoms with E-state index >= 15 is 0 Å². The van der Waals surface area contributed by atoms with Gasteiger partial charge in [-0.2, -0.15) is 0 Å². The van der Waals surface area contributed by atoms with Crippen LogP contribution in [-0.2, 0) is 0 Å². The Balaban J connectivity index is 1.87. The Bertz CT molecular complexity index is 491. The molecule has 1 aromatic rings. The predicted molar refractivity (Wildman–Crippen MR) is 75.7 cm³/mol. The minimum Gasteiger partial charge on any atom is -0.485 e. The van der Waals surface area contributed by atoms with Crippen LogP contribution < -0.4 is 4.74 Å². The van der Waals surface area contributed by atoms with Gasteiger partial charge in [0, 0.05) is 42.6 Å². The monoisotopic (exact) mass is 281 g/mol. The highest BCUT2D eigenvalue weighted by molar-refractivity contribution is 6.30. The van der Waals surface area contributed by atoms with E-state index in [0.29, 0.717) is 17.5 Å². The molecule has 2 aliphatic rings. The number of fused-ring (bicyclic) bond motifs is 1. The summed E-state index contributed by atoms with van der Waals surface area (Å²) in [5.74, 6) is 0.786. The van der Waals surface area contributed by atoms with Crippen molar-refractivity contribution in [3.05, 3.63) is 28.8 Å². The van der Waals surface area contributed by atoms with E-state index in [4.69, 9.17) is 16.3 Å². The number of rotatable bonds is 1. The number of hydrogen-bond acceptors (Lipinski definition) is 3. The van der Waals surface area contributed by atoms with Crippen molar-refractivity contribution in [2.24, 2.45) is 0 Å². The summed E-state index contributed by atoms with van der Waals surface area (Å²) < 4.78 is 6.23. The third kappa shape index (κ3) is 2.35. The zero-order valence-corrected chi connectivity index (χ0v) is 12.2. The van der Waals surface area contributed by atoms with Crippen molar-refractivity contribution in [1.82, 2.24) is 4.90 Å². The van der Waals surface area contributed by atoms with Gasteiger partial charge in [-0.3, -0.25) is 4.90 Å². The molecule has 3 nitrogen and oxygen atoms in total. The Morgan fingerprint density at radius 1 is 1.47 bits per heavy atom. The maximum absolute atomic E-state index is 10.4. The van der Waals surface area contributed by atoms with Gasteiger partial charge in [-0.05, 0) is 32.0 Å². The second kappa shape index (κ2) is 4.65. The fraction of sp³-hybridized carbons (Fsp3) is 0.600. The van der Waals surface area contributed by atoms with Crippen LogP contribution in [0.25, 0.3) is 0 Å². The second-order valence-corrected chi connectivity index (χ2v) is 6.44. The average Bonchev–Trinajstić information content (AvgIpc) is 2.74. The first-order valence-corrected chi connectivity index (χ1v) is 7.27. The molecule has 2 unspecified atom stereocenters. The molecule has 0 radical (unpaired) electrons. The van der Waals surface area contributed by atoms with Gasteiger partial charge >= 0.3 is 0 Å². The molecular weight excluding hydrogens is 262 g/mol. The number of benzene rings is 1. The molecular formula is C15H20ClNO2. The predicted octanol–water partition coefficient (Wildman–Crippen LogP) is 3.01. The minimum atomic E-state index is -0.477. The van der Waals surface area contributed by atoms with E-state index in [-0.39, 0.29) is 5.60 Å². The highest BCUT2D eigenvalue weighted by Gasteiger charge is 2.46. The molecule has 3 rings (SSSR count). The topological polar surface area (TPSA) is 32.7 Å². The summed E-state index contributed by atoms with van der Waals surface area (Å²) in [6.07, 6.45) is 1.16. The summed E-state index contributed by atoms with van der Waals surface area (Å²) in [6, 6.07) is 6.02. The van der Waals surface area contributed by atoms with E-state index in [9.17, 15) is 5.11 Å². The lowest BCUT2D eigenvalue weighted by atomic mass is 9.88. The molecule has 0 aliphatic carbocycles. The van der Waals surface area contributed by atoms with E-state index in [1.54, 1.807) is 0 Å². The summed E-state index contributed by atoms with van der Waals surface area (Å²) in [6.45, 7) is 6.33. The lowest BCUT2D eigenvalue weighted by molar-refractivity contribution is -0.00887. The van der Waals surface area contributed by atoms with Gasteiger partial charge in [-0.1, -0.05) is 11.6 Å². The number of hydrogen-bond donors (Lipinski definition) is 1. The van der Waals surface area contributed by atoms with Crippen LogP contribution in [0.4, 0.5) is 0 Å². The van der Waals surface area contributed by atoms with Crippen LogP contribution in [0.5, 0.6) is 5.75 Å². The molecule has 0 saturated carbocycles. The highest BCUT2D eigenvalue weighted by atomic mass is 35.5. The maximum atomic E-state index is 10.4. The molecule has 2 heterocycles. The van der Waals surface area contributed by atoms with Crippen LogP contribution in [0.1, 0.15) is 38.4 Å². The van der Waals surface area contributed by atoms with Crippen LogP contribution in [0.3, 0.4) is 0 Å². The van der Waals surface area contributed by atoms with Crippen LogP contribution >= 0.6 is 11.6 Å². The van der Waals surface area contributed by atoms with Gasteiger partial charge in [-0.15, -0.1) is 0 Å². The fourth-order valence-corrected chi connectivity index (χ4v) is 3.36. The van der Waals surface area contributed by atoms with E-state index in [1.165, 1.54) is 0 Å². The molecule has 2 aliphatic heterocycles. The average molecular weight is 282 g/mol.